The molecule has 0 amide bonds. The van der Waals surface area contributed by atoms with Crippen molar-refractivity contribution in [2.24, 2.45) is 0 Å². The number of nitrogens with two attached hydrogens (primary N) is 1. The van der Waals surface area contributed by atoms with Crippen LogP contribution in [0.2, 0.25) is 5.02 Å². The highest BCUT2D eigenvalue weighted by molar-refractivity contribution is 6.33. The van der Waals surface area contributed by atoms with E-state index in [0.717, 1.165) is 0 Å². The number of halogens is 2. The highest BCUT2D eigenvalue weighted by Crippen LogP contribution is 2.30. The first-order chi connectivity index (χ1) is 8.13. The number of hydrogen-bond acceptors (Lipinski definition) is 3. The topological polar surface area (TPSA) is 64.1 Å². The molecule has 0 saturated heterocycles. The van der Waals surface area contributed by atoms with Crippen molar-refractivity contribution in [3.05, 3.63) is 35.1 Å². The maximum absolute atomic E-state index is 13.6. The molecule has 17 heavy (non-hydrogen) atoms. The largest absolute Gasteiger partial charge is 0.394 e. The Bertz CT molecular complexity index is 521. The lowest BCUT2D eigenvalue weighted by Gasteiger charge is -2.02. The smallest absolute Gasteiger partial charge is 0.134 e. The maximum atomic E-state index is 13.6. The Kier molecular flexibility index (Phi) is 3.31. The van der Waals surface area contributed by atoms with Crippen LogP contribution in [-0.4, -0.2) is 21.5 Å². The quantitative estimate of drug-likeness (QED) is 0.881. The van der Waals surface area contributed by atoms with Gasteiger partial charge >= 0.3 is 0 Å². The van der Waals surface area contributed by atoms with Gasteiger partial charge in [0.05, 0.1) is 29.4 Å². The van der Waals surface area contributed by atoms with Crippen molar-refractivity contribution in [1.29, 1.82) is 0 Å². The fraction of sp³-hybridized carbons (Fsp3) is 0.182. The van der Waals surface area contributed by atoms with E-state index in [2.05, 4.69) is 5.10 Å². The van der Waals surface area contributed by atoms with Crippen molar-refractivity contribution >= 4 is 17.4 Å². The number of aliphatic hydroxyl groups is 1. The van der Waals surface area contributed by atoms with Crippen LogP contribution in [0.3, 0.4) is 0 Å². The molecule has 0 atom stereocenters. The number of anilines is 1. The van der Waals surface area contributed by atoms with Crippen molar-refractivity contribution in [2.45, 2.75) is 6.54 Å². The molecule has 0 aliphatic heterocycles. The van der Waals surface area contributed by atoms with Gasteiger partial charge in [-0.25, -0.2) is 9.07 Å². The summed E-state index contributed by atoms with van der Waals surface area (Å²) >= 11 is 5.92. The zero-order chi connectivity index (χ0) is 12.4. The van der Waals surface area contributed by atoms with Gasteiger partial charge in [0.15, 0.2) is 0 Å². The predicted molar refractivity (Wildman–Crippen MR) is 64.1 cm³/mol. The van der Waals surface area contributed by atoms with Gasteiger partial charge in [-0.3, -0.25) is 0 Å². The zero-order valence-corrected chi connectivity index (χ0v) is 9.65. The SMILES string of the molecule is Nc1cc(-c2c(F)cccc2Cl)nn1CCO. The summed E-state index contributed by atoms with van der Waals surface area (Å²) in [6.07, 6.45) is 0. The van der Waals surface area contributed by atoms with Gasteiger partial charge in [0.1, 0.15) is 11.6 Å². The Morgan fingerprint density at radius 3 is 2.88 bits per heavy atom. The maximum Gasteiger partial charge on any atom is 0.134 e. The first-order valence-corrected chi connectivity index (χ1v) is 5.40. The second-order valence-corrected chi connectivity index (χ2v) is 3.91. The van der Waals surface area contributed by atoms with Gasteiger partial charge in [-0.2, -0.15) is 5.10 Å². The third-order valence-electron chi connectivity index (χ3n) is 2.34. The van der Waals surface area contributed by atoms with Gasteiger partial charge in [-0.1, -0.05) is 17.7 Å². The van der Waals surface area contributed by atoms with E-state index in [1.54, 1.807) is 6.07 Å². The molecule has 0 fully saturated rings. The number of nitrogen functional groups attached to an aromatic ring is 1. The third-order valence-corrected chi connectivity index (χ3v) is 2.66. The van der Waals surface area contributed by atoms with Crippen LogP contribution in [0.15, 0.2) is 24.3 Å². The van der Waals surface area contributed by atoms with E-state index in [1.807, 2.05) is 0 Å². The van der Waals surface area contributed by atoms with Gasteiger partial charge in [0.2, 0.25) is 0 Å². The van der Waals surface area contributed by atoms with Gasteiger partial charge in [0.25, 0.3) is 0 Å². The van der Waals surface area contributed by atoms with Crippen molar-refractivity contribution in [1.82, 2.24) is 9.78 Å². The summed E-state index contributed by atoms with van der Waals surface area (Å²) in [6, 6.07) is 5.94. The summed E-state index contributed by atoms with van der Waals surface area (Å²) in [7, 11) is 0. The summed E-state index contributed by atoms with van der Waals surface area (Å²) < 4.78 is 15.0. The van der Waals surface area contributed by atoms with E-state index in [-0.39, 0.29) is 23.7 Å². The van der Waals surface area contributed by atoms with E-state index in [4.69, 9.17) is 22.4 Å². The van der Waals surface area contributed by atoms with Crippen molar-refractivity contribution in [3.8, 4) is 11.3 Å². The molecule has 0 aliphatic rings. The van der Waals surface area contributed by atoms with Crippen LogP contribution >= 0.6 is 11.6 Å². The Morgan fingerprint density at radius 1 is 1.47 bits per heavy atom. The summed E-state index contributed by atoms with van der Waals surface area (Å²) in [5, 5.41) is 13.2. The monoisotopic (exact) mass is 255 g/mol. The van der Waals surface area contributed by atoms with Crippen LogP contribution < -0.4 is 5.73 Å². The van der Waals surface area contributed by atoms with E-state index >= 15 is 0 Å². The molecule has 0 spiro atoms. The Hall–Kier alpha value is -1.59. The van der Waals surface area contributed by atoms with Gasteiger partial charge < -0.3 is 10.8 Å². The second-order valence-electron chi connectivity index (χ2n) is 3.50. The molecule has 2 aromatic rings. The molecule has 6 heteroatoms. The number of nitrogens with zero attached hydrogens (tertiary/aromatic N) is 2. The molecule has 4 nitrogen and oxygen atoms in total. The first kappa shape index (κ1) is 11.9. The van der Waals surface area contributed by atoms with E-state index in [0.29, 0.717) is 11.5 Å². The lowest BCUT2D eigenvalue weighted by Crippen LogP contribution is -2.07. The first-order valence-electron chi connectivity index (χ1n) is 5.02. The molecule has 0 aliphatic carbocycles. The van der Waals surface area contributed by atoms with Crippen molar-refractivity contribution in [3.63, 3.8) is 0 Å². The Labute approximate surface area is 102 Å². The normalized spacial score (nSPS) is 10.8. The molecular formula is C11H11ClFN3O. The van der Waals surface area contributed by atoms with Crippen LogP contribution in [0.1, 0.15) is 0 Å². The lowest BCUT2D eigenvalue weighted by molar-refractivity contribution is 0.270. The standard InChI is InChI=1S/C11H11ClFN3O/c12-7-2-1-3-8(13)11(7)9-6-10(14)16(15-9)4-5-17/h1-3,6,17H,4-5,14H2. The fourth-order valence-electron chi connectivity index (χ4n) is 1.57. The molecule has 0 unspecified atom stereocenters. The van der Waals surface area contributed by atoms with Crippen LogP contribution in [0, 0.1) is 5.82 Å². The summed E-state index contributed by atoms with van der Waals surface area (Å²) in [4.78, 5) is 0. The number of benzene rings is 1. The van der Waals surface area contributed by atoms with Gasteiger partial charge in [-0.15, -0.1) is 0 Å². The minimum absolute atomic E-state index is 0.0870. The predicted octanol–water partition coefficient (Wildman–Crippen LogP) is 1.92. The molecule has 0 radical (unpaired) electrons. The van der Waals surface area contributed by atoms with Gasteiger partial charge in [-0.05, 0) is 12.1 Å². The Morgan fingerprint density at radius 2 is 2.24 bits per heavy atom. The molecule has 1 heterocycles. The van der Waals surface area contributed by atoms with Crippen molar-refractivity contribution < 1.29 is 9.50 Å². The highest BCUT2D eigenvalue weighted by Gasteiger charge is 2.14. The Balaban J connectivity index is 2.50. The molecule has 3 N–H and O–H groups in total. The van der Waals surface area contributed by atoms with Crippen LogP contribution in [0.4, 0.5) is 10.2 Å². The fourth-order valence-corrected chi connectivity index (χ4v) is 1.83. The van der Waals surface area contributed by atoms with Crippen LogP contribution in [0.25, 0.3) is 11.3 Å². The summed E-state index contributed by atoms with van der Waals surface area (Å²) in [6.45, 7) is 0.175. The molecule has 1 aromatic carbocycles. The molecule has 1 aromatic heterocycles. The van der Waals surface area contributed by atoms with Crippen LogP contribution in [0.5, 0.6) is 0 Å². The van der Waals surface area contributed by atoms with Crippen LogP contribution in [-0.2, 0) is 6.54 Å². The number of rotatable bonds is 3. The van der Waals surface area contributed by atoms with E-state index in [9.17, 15) is 4.39 Å². The van der Waals surface area contributed by atoms with E-state index in [1.165, 1.54) is 22.9 Å². The zero-order valence-electron chi connectivity index (χ0n) is 8.90. The second kappa shape index (κ2) is 4.73. The van der Waals surface area contributed by atoms with Gasteiger partial charge in [0, 0.05) is 6.07 Å². The minimum atomic E-state index is -0.453. The number of aromatic nitrogens is 2. The highest BCUT2D eigenvalue weighted by atomic mass is 35.5. The lowest BCUT2D eigenvalue weighted by atomic mass is 10.1. The number of aliphatic hydroxyl groups excluding tert-OH is 1. The average Bonchev–Trinajstić information content (AvgIpc) is 2.60. The molecule has 0 bridgehead atoms. The molecule has 2 rings (SSSR count). The van der Waals surface area contributed by atoms with Crippen molar-refractivity contribution in [2.75, 3.05) is 12.3 Å². The summed E-state index contributed by atoms with van der Waals surface area (Å²) in [5.74, 6) is -0.0977. The van der Waals surface area contributed by atoms with E-state index < -0.39 is 5.82 Å². The molecule has 90 valence electrons. The average molecular weight is 256 g/mol. The molecule has 0 saturated carbocycles. The third kappa shape index (κ3) is 2.25. The minimum Gasteiger partial charge on any atom is -0.394 e. The number of hydrogen-bond donors (Lipinski definition) is 2. The summed E-state index contributed by atoms with van der Waals surface area (Å²) in [5.41, 5.74) is 6.27. The molecular weight excluding hydrogens is 245 g/mol.